The monoisotopic (exact) mass is 415 g/mol. The number of para-hydroxylation sites is 1. The van der Waals surface area contributed by atoms with E-state index in [1.165, 1.54) is 0 Å². The summed E-state index contributed by atoms with van der Waals surface area (Å²) in [6.07, 6.45) is 1.56. The average molecular weight is 415 g/mol. The number of rotatable bonds is 4. The lowest BCUT2D eigenvalue weighted by Gasteiger charge is -2.08. The number of benzene rings is 2. The molecule has 0 spiro atoms. The molecule has 0 saturated carbocycles. The highest BCUT2D eigenvalue weighted by molar-refractivity contribution is 5.94. The van der Waals surface area contributed by atoms with Crippen LogP contribution in [0.5, 0.6) is 11.5 Å². The summed E-state index contributed by atoms with van der Waals surface area (Å²) in [5, 5.41) is 5.22. The largest absolute Gasteiger partial charge is 0.454 e. The van der Waals surface area contributed by atoms with Crippen molar-refractivity contribution in [3.8, 4) is 17.2 Å². The summed E-state index contributed by atoms with van der Waals surface area (Å²) in [6, 6.07) is 15.2. The zero-order chi connectivity index (χ0) is 21.5. The average Bonchev–Trinajstić information content (AvgIpc) is 3.30. The molecule has 0 amide bonds. The Bertz CT molecular complexity index is 1390. The lowest BCUT2D eigenvalue weighted by atomic mass is 10.1. The fraction of sp³-hybridized carbons (Fsp3) is 0.174. The Balaban J connectivity index is 1.51. The third-order valence-corrected chi connectivity index (χ3v) is 5.41. The number of nitrogens with zero attached hydrogens (tertiary/aromatic N) is 4. The van der Waals surface area contributed by atoms with Gasteiger partial charge in [0.2, 0.25) is 6.79 Å². The van der Waals surface area contributed by atoms with E-state index in [2.05, 4.69) is 15.5 Å². The van der Waals surface area contributed by atoms with Gasteiger partial charge in [0.05, 0.1) is 28.7 Å². The predicted molar refractivity (Wildman–Crippen MR) is 120 cm³/mol. The van der Waals surface area contributed by atoms with Gasteiger partial charge < -0.3 is 9.47 Å². The summed E-state index contributed by atoms with van der Waals surface area (Å²) < 4.78 is 14.4. The summed E-state index contributed by atoms with van der Waals surface area (Å²) in [5.41, 5.74) is 7.47. The summed E-state index contributed by atoms with van der Waals surface area (Å²) >= 11 is 0. The zero-order valence-corrected chi connectivity index (χ0v) is 17.4. The molecule has 0 aliphatic carbocycles. The summed E-state index contributed by atoms with van der Waals surface area (Å²) in [4.78, 5) is 17.6. The number of ether oxygens (including phenoxy) is 2. The first kappa shape index (κ1) is 18.9. The van der Waals surface area contributed by atoms with Gasteiger partial charge in [0, 0.05) is 29.9 Å². The maximum Gasteiger partial charge on any atom is 0.280 e. The third-order valence-electron chi connectivity index (χ3n) is 5.41. The molecule has 31 heavy (non-hydrogen) atoms. The quantitative estimate of drug-likeness (QED) is 0.407. The van der Waals surface area contributed by atoms with Crippen LogP contribution in [0.15, 0.2) is 58.4 Å². The van der Waals surface area contributed by atoms with Crippen LogP contribution in [0.1, 0.15) is 17.0 Å². The molecule has 8 heteroatoms. The van der Waals surface area contributed by atoms with Gasteiger partial charge in [-0.3, -0.25) is 19.9 Å². The molecule has 5 rings (SSSR count). The van der Waals surface area contributed by atoms with Gasteiger partial charge in [-0.15, -0.1) is 0 Å². The highest BCUT2D eigenvalue weighted by Crippen LogP contribution is 2.38. The Morgan fingerprint density at radius 2 is 1.84 bits per heavy atom. The van der Waals surface area contributed by atoms with Gasteiger partial charge in [0.15, 0.2) is 11.5 Å². The van der Waals surface area contributed by atoms with E-state index in [4.69, 9.17) is 9.47 Å². The number of pyridine rings is 1. The van der Waals surface area contributed by atoms with Crippen LogP contribution in [-0.4, -0.2) is 27.4 Å². The van der Waals surface area contributed by atoms with Gasteiger partial charge in [-0.25, -0.2) is 4.68 Å². The Kier molecular flexibility index (Phi) is 4.47. The number of nitrogens with one attached hydrogen (secondary N) is 1. The van der Waals surface area contributed by atoms with Crippen LogP contribution in [0.2, 0.25) is 0 Å². The van der Waals surface area contributed by atoms with Crippen molar-refractivity contribution in [1.82, 2.24) is 14.3 Å². The van der Waals surface area contributed by atoms with Crippen molar-refractivity contribution in [2.45, 2.75) is 13.8 Å². The van der Waals surface area contributed by atoms with Gasteiger partial charge >= 0.3 is 0 Å². The number of aromatic nitrogens is 3. The zero-order valence-electron chi connectivity index (χ0n) is 17.4. The Morgan fingerprint density at radius 3 is 2.61 bits per heavy atom. The highest BCUT2D eigenvalue weighted by atomic mass is 16.7. The molecule has 8 nitrogen and oxygen atoms in total. The number of hydrogen-bond acceptors (Lipinski definition) is 6. The molecule has 0 saturated heterocycles. The highest BCUT2D eigenvalue weighted by Gasteiger charge is 2.17. The van der Waals surface area contributed by atoms with Crippen LogP contribution in [0.25, 0.3) is 16.6 Å². The van der Waals surface area contributed by atoms with Crippen molar-refractivity contribution in [2.75, 3.05) is 12.2 Å². The van der Waals surface area contributed by atoms with E-state index in [1.807, 2.05) is 74.1 Å². The van der Waals surface area contributed by atoms with Crippen LogP contribution in [-0.2, 0) is 7.05 Å². The van der Waals surface area contributed by atoms with E-state index in [0.717, 1.165) is 33.7 Å². The van der Waals surface area contributed by atoms with Crippen molar-refractivity contribution in [2.24, 2.45) is 12.1 Å². The SMILES string of the molecule is Cc1cc(N/N=C/c2c(C)n(C)n(-c3ccccc3)c2=O)c2cc3c(cc2n1)OCO3. The lowest BCUT2D eigenvalue weighted by molar-refractivity contribution is 0.174. The minimum atomic E-state index is -0.129. The van der Waals surface area contributed by atoms with Crippen molar-refractivity contribution >= 4 is 22.8 Å². The van der Waals surface area contributed by atoms with E-state index >= 15 is 0 Å². The van der Waals surface area contributed by atoms with Crippen LogP contribution >= 0.6 is 0 Å². The Morgan fingerprint density at radius 1 is 1.10 bits per heavy atom. The molecule has 0 fully saturated rings. The maximum atomic E-state index is 13.0. The van der Waals surface area contributed by atoms with Gasteiger partial charge in [-0.1, -0.05) is 18.2 Å². The van der Waals surface area contributed by atoms with Gasteiger partial charge in [-0.2, -0.15) is 5.10 Å². The van der Waals surface area contributed by atoms with Crippen molar-refractivity contribution in [1.29, 1.82) is 0 Å². The summed E-state index contributed by atoms with van der Waals surface area (Å²) in [7, 11) is 1.86. The van der Waals surface area contributed by atoms with E-state index in [1.54, 1.807) is 10.9 Å². The molecule has 2 aromatic carbocycles. The van der Waals surface area contributed by atoms with E-state index in [0.29, 0.717) is 17.1 Å². The lowest BCUT2D eigenvalue weighted by Crippen LogP contribution is -2.20. The van der Waals surface area contributed by atoms with E-state index in [-0.39, 0.29) is 12.4 Å². The fourth-order valence-electron chi connectivity index (χ4n) is 3.74. The smallest absolute Gasteiger partial charge is 0.280 e. The standard InChI is InChI=1S/C23H21N5O3/c1-14-9-20(17-10-21-22(31-13-30-21)11-19(17)25-14)26-24-12-18-15(2)27(3)28(23(18)29)16-7-5-4-6-8-16/h4-12H,13H2,1-3H3,(H,25,26)/b24-12+. The molecule has 0 atom stereocenters. The fourth-order valence-corrected chi connectivity index (χ4v) is 3.74. The minimum absolute atomic E-state index is 0.129. The second-order valence-electron chi connectivity index (χ2n) is 7.38. The number of fused-ring (bicyclic) bond motifs is 2. The molecule has 1 N–H and O–H groups in total. The third kappa shape index (κ3) is 3.22. The number of aryl methyl sites for hydroxylation is 1. The normalized spacial score (nSPS) is 12.7. The number of hydrazone groups is 1. The molecule has 2 aromatic heterocycles. The number of hydrogen-bond donors (Lipinski definition) is 1. The topological polar surface area (TPSA) is 82.7 Å². The summed E-state index contributed by atoms with van der Waals surface area (Å²) in [6.45, 7) is 4.01. The number of anilines is 1. The van der Waals surface area contributed by atoms with Crippen LogP contribution < -0.4 is 20.5 Å². The first-order valence-corrected chi connectivity index (χ1v) is 9.87. The molecule has 3 heterocycles. The van der Waals surface area contributed by atoms with Crippen molar-refractivity contribution in [3.05, 3.63) is 75.8 Å². The molecule has 0 bridgehead atoms. The Hall–Kier alpha value is -4.07. The van der Waals surface area contributed by atoms with Crippen molar-refractivity contribution < 1.29 is 9.47 Å². The van der Waals surface area contributed by atoms with E-state index in [9.17, 15) is 4.79 Å². The van der Waals surface area contributed by atoms with Gasteiger partial charge in [0.25, 0.3) is 5.56 Å². The maximum absolute atomic E-state index is 13.0. The molecule has 4 aromatic rings. The van der Waals surface area contributed by atoms with Crippen LogP contribution in [0.3, 0.4) is 0 Å². The second kappa shape index (κ2) is 7.32. The molecule has 0 unspecified atom stereocenters. The van der Waals surface area contributed by atoms with Gasteiger partial charge in [0.1, 0.15) is 0 Å². The van der Waals surface area contributed by atoms with Crippen molar-refractivity contribution in [3.63, 3.8) is 0 Å². The first-order chi connectivity index (χ1) is 15.0. The first-order valence-electron chi connectivity index (χ1n) is 9.87. The van der Waals surface area contributed by atoms with E-state index < -0.39 is 0 Å². The minimum Gasteiger partial charge on any atom is -0.454 e. The van der Waals surface area contributed by atoms with Gasteiger partial charge in [-0.05, 0) is 38.1 Å². The van der Waals surface area contributed by atoms with Crippen LogP contribution in [0.4, 0.5) is 5.69 Å². The molecule has 156 valence electrons. The molecule has 1 aliphatic heterocycles. The molecule has 1 aliphatic rings. The Labute approximate surface area is 178 Å². The predicted octanol–water partition coefficient (Wildman–Crippen LogP) is 3.52. The van der Waals surface area contributed by atoms with Crippen LogP contribution in [0, 0.1) is 13.8 Å². The molecule has 0 radical (unpaired) electrons. The molecular weight excluding hydrogens is 394 g/mol. The molecular formula is C23H21N5O3. The summed E-state index contributed by atoms with van der Waals surface area (Å²) in [5.74, 6) is 1.36. The second-order valence-corrected chi connectivity index (χ2v) is 7.38.